The lowest BCUT2D eigenvalue weighted by Gasteiger charge is -2.35. The summed E-state index contributed by atoms with van der Waals surface area (Å²) in [4.78, 5) is 22.9. The first kappa shape index (κ1) is 18.3. The minimum atomic E-state index is 0.0182. The van der Waals surface area contributed by atoms with Crippen LogP contribution in [0.4, 0.5) is 5.13 Å². The summed E-state index contributed by atoms with van der Waals surface area (Å²) in [5.74, 6) is 0.906. The van der Waals surface area contributed by atoms with Crippen molar-refractivity contribution in [1.29, 1.82) is 0 Å². The molecule has 0 N–H and O–H groups in total. The van der Waals surface area contributed by atoms with E-state index < -0.39 is 0 Å². The number of rotatable bonds is 3. The van der Waals surface area contributed by atoms with Crippen molar-refractivity contribution in [2.75, 3.05) is 44.9 Å². The monoisotopic (exact) mass is 387 g/mol. The van der Waals surface area contributed by atoms with Gasteiger partial charge in [0.1, 0.15) is 10.6 Å². The molecule has 0 saturated carbocycles. The van der Waals surface area contributed by atoms with Gasteiger partial charge in [-0.05, 0) is 43.5 Å². The second kappa shape index (κ2) is 7.48. The molecule has 27 heavy (non-hydrogen) atoms. The molecule has 7 heteroatoms. The van der Waals surface area contributed by atoms with Crippen LogP contribution in [0.15, 0.2) is 18.2 Å². The number of morpholine rings is 1. The lowest BCUT2D eigenvalue weighted by molar-refractivity contribution is 0.0681. The molecule has 1 saturated heterocycles. The minimum Gasteiger partial charge on any atom is -0.497 e. The van der Waals surface area contributed by atoms with Crippen LogP contribution in [0.25, 0.3) is 0 Å². The first-order valence-electron chi connectivity index (χ1n) is 9.36. The van der Waals surface area contributed by atoms with Gasteiger partial charge in [0.25, 0.3) is 5.91 Å². The Kier molecular flexibility index (Phi) is 5.06. The maximum Gasteiger partial charge on any atom is 0.266 e. The topological polar surface area (TPSA) is 54.9 Å². The molecule has 1 aromatic carbocycles. The predicted molar refractivity (Wildman–Crippen MR) is 106 cm³/mol. The highest BCUT2D eigenvalue weighted by molar-refractivity contribution is 7.17. The number of methoxy groups -OCH3 is 1. The van der Waals surface area contributed by atoms with Gasteiger partial charge < -0.3 is 19.3 Å². The van der Waals surface area contributed by atoms with Gasteiger partial charge in [-0.25, -0.2) is 4.98 Å². The van der Waals surface area contributed by atoms with Crippen LogP contribution in [0.3, 0.4) is 0 Å². The van der Waals surface area contributed by atoms with E-state index in [0.717, 1.165) is 47.5 Å². The van der Waals surface area contributed by atoms with Crippen LogP contribution in [0.1, 0.15) is 39.5 Å². The van der Waals surface area contributed by atoms with Gasteiger partial charge in [0.2, 0.25) is 0 Å². The summed E-state index contributed by atoms with van der Waals surface area (Å²) >= 11 is 1.50. The second-order valence-electron chi connectivity index (χ2n) is 7.00. The molecule has 1 unspecified atom stereocenters. The Bertz CT molecular complexity index is 845. The predicted octanol–water partition coefficient (Wildman–Crippen LogP) is 3.06. The summed E-state index contributed by atoms with van der Waals surface area (Å²) in [5, 5.41) is 0.922. The fourth-order valence-electron chi connectivity index (χ4n) is 3.80. The number of hydrogen-bond acceptors (Lipinski definition) is 6. The third-order valence-electron chi connectivity index (χ3n) is 5.41. The third kappa shape index (κ3) is 3.41. The number of benzene rings is 1. The van der Waals surface area contributed by atoms with E-state index in [9.17, 15) is 4.79 Å². The van der Waals surface area contributed by atoms with Gasteiger partial charge in [0.15, 0.2) is 5.13 Å². The van der Waals surface area contributed by atoms with Crippen molar-refractivity contribution in [3.63, 3.8) is 0 Å². The van der Waals surface area contributed by atoms with Gasteiger partial charge in [-0.2, -0.15) is 0 Å². The minimum absolute atomic E-state index is 0.0182. The van der Waals surface area contributed by atoms with Gasteiger partial charge in [0.05, 0.1) is 32.1 Å². The van der Waals surface area contributed by atoms with Crippen LogP contribution in [-0.4, -0.2) is 55.7 Å². The number of amides is 1. The molecule has 144 valence electrons. The highest BCUT2D eigenvalue weighted by Crippen LogP contribution is 2.35. The number of aromatic nitrogens is 1. The first-order valence-corrected chi connectivity index (χ1v) is 10.2. The summed E-state index contributed by atoms with van der Waals surface area (Å²) in [6, 6.07) is 6.18. The van der Waals surface area contributed by atoms with Gasteiger partial charge in [-0.1, -0.05) is 17.4 Å². The highest BCUT2D eigenvalue weighted by Gasteiger charge is 2.31. The number of aryl methyl sites for hydroxylation is 1. The number of nitrogens with zero attached hydrogens (tertiary/aromatic N) is 3. The van der Waals surface area contributed by atoms with Gasteiger partial charge >= 0.3 is 0 Å². The van der Waals surface area contributed by atoms with E-state index in [1.165, 1.54) is 22.5 Å². The van der Waals surface area contributed by atoms with E-state index in [-0.39, 0.29) is 11.9 Å². The van der Waals surface area contributed by atoms with Crippen LogP contribution in [0.5, 0.6) is 5.75 Å². The average Bonchev–Trinajstić information content (AvgIpc) is 3.10. The quantitative estimate of drug-likeness (QED) is 0.810. The molecule has 1 aromatic heterocycles. The van der Waals surface area contributed by atoms with E-state index >= 15 is 0 Å². The van der Waals surface area contributed by atoms with Gasteiger partial charge in [-0.15, -0.1) is 0 Å². The van der Waals surface area contributed by atoms with Crippen molar-refractivity contribution >= 4 is 22.4 Å². The van der Waals surface area contributed by atoms with E-state index in [2.05, 4.69) is 28.9 Å². The van der Waals surface area contributed by atoms with Crippen LogP contribution >= 0.6 is 11.3 Å². The smallest absolute Gasteiger partial charge is 0.266 e. The van der Waals surface area contributed by atoms with Crippen LogP contribution in [-0.2, 0) is 11.2 Å². The Balaban J connectivity index is 1.58. The van der Waals surface area contributed by atoms with E-state index in [4.69, 9.17) is 9.47 Å². The van der Waals surface area contributed by atoms with Crippen molar-refractivity contribution in [2.45, 2.75) is 26.3 Å². The number of fused-ring (bicyclic) bond motifs is 1. The Morgan fingerprint density at radius 3 is 2.81 bits per heavy atom. The standard InChI is InChI=1S/C20H25N3O3S/c1-13-18(27-20(21-13)22-8-10-26-11-9-22)19(24)23-7-6-15-4-5-16(25-3)12-17(15)14(23)2/h4-5,12,14H,6-11H2,1-3H3. The van der Waals surface area contributed by atoms with Crippen LogP contribution in [0.2, 0.25) is 0 Å². The SMILES string of the molecule is COc1ccc2c(c1)C(C)N(C(=O)c1sc(N3CCOCC3)nc1C)CC2. The summed E-state index contributed by atoms with van der Waals surface area (Å²) in [5.41, 5.74) is 3.28. The van der Waals surface area contributed by atoms with Crippen molar-refractivity contribution in [1.82, 2.24) is 9.88 Å². The third-order valence-corrected chi connectivity index (χ3v) is 6.62. The maximum atomic E-state index is 13.3. The molecule has 0 radical (unpaired) electrons. The molecule has 1 atom stereocenters. The van der Waals surface area contributed by atoms with Crippen LogP contribution < -0.4 is 9.64 Å². The highest BCUT2D eigenvalue weighted by atomic mass is 32.1. The molecular formula is C20H25N3O3S. The van der Waals surface area contributed by atoms with Gasteiger partial charge in [-0.3, -0.25) is 4.79 Å². The summed E-state index contributed by atoms with van der Waals surface area (Å²) < 4.78 is 10.8. The summed E-state index contributed by atoms with van der Waals surface area (Å²) in [7, 11) is 1.67. The average molecular weight is 388 g/mol. The molecule has 2 aliphatic heterocycles. The molecule has 0 spiro atoms. The summed E-state index contributed by atoms with van der Waals surface area (Å²) in [6.07, 6.45) is 0.865. The van der Waals surface area contributed by atoms with Crippen LogP contribution in [0, 0.1) is 6.92 Å². The molecule has 2 aromatic rings. The maximum absolute atomic E-state index is 13.3. The van der Waals surface area contributed by atoms with Crippen molar-refractivity contribution < 1.29 is 14.3 Å². The number of carbonyl (C=O) groups is 1. The molecule has 6 nitrogen and oxygen atoms in total. The lowest BCUT2D eigenvalue weighted by Crippen LogP contribution is -2.38. The molecule has 0 bridgehead atoms. The van der Waals surface area contributed by atoms with E-state index in [1.54, 1.807) is 7.11 Å². The van der Waals surface area contributed by atoms with Crippen molar-refractivity contribution in [2.24, 2.45) is 0 Å². The number of anilines is 1. The zero-order valence-electron chi connectivity index (χ0n) is 16.0. The van der Waals surface area contributed by atoms with Crippen molar-refractivity contribution in [3.8, 4) is 5.75 Å². The van der Waals surface area contributed by atoms with Gasteiger partial charge in [0, 0.05) is 19.6 Å². The largest absolute Gasteiger partial charge is 0.497 e. The van der Waals surface area contributed by atoms with E-state index in [0.29, 0.717) is 13.2 Å². The molecule has 4 rings (SSSR count). The Morgan fingerprint density at radius 2 is 2.07 bits per heavy atom. The zero-order chi connectivity index (χ0) is 19.0. The summed E-state index contributed by atoms with van der Waals surface area (Å²) in [6.45, 7) is 7.83. The number of thiazole rings is 1. The molecular weight excluding hydrogens is 362 g/mol. The Hall–Kier alpha value is -2.12. The first-order chi connectivity index (χ1) is 13.1. The van der Waals surface area contributed by atoms with E-state index in [1.807, 2.05) is 17.9 Å². The number of carbonyl (C=O) groups excluding carboxylic acids is 1. The molecule has 0 aliphatic carbocycles. The fraction of sp³-hybridized carbons (Fsp3) is 0.500. The number of ether oxygens (including phenoxy) is 2. The second-order valence-corrected chi connectivity index (χ2v) is 7.98. The Morgan fingerprint density at radius 1 is 1.30 bits per heavy atom. The fourth-order valence-corrected chi connectivity index (χ4v) is 4.87. The molecule has 2 aliphatic rings. The Labute approximate surface area is 163 Å². The normalized spacial score (nSPS) is 19.7. The zero-order valence-corrected chi connectivity index (χ0v) is 16.8. The lowest BCUT2D eigenvalue weighted by atomic mass is 9.93. The number of hydrogen-bond donors (Lipinski definition) is 0. The molecule has 3 heterocycles. The molecule has 1 amide bonds. The van der Waals surface area contributed by atoms with Crippen molar-refractivity contribution in [3.05, 3.63) is 39.9 Å². The molecule has 1 fully saturated rings.